The number of likely N-dealkylation sites (tertiary alicyclic amines) is 1. The normalized spacial score (nSPS) is 18.8. The summed E-state index contributed by atoms with van der Waals surface area (Å²) in [5.74, 6) is 0.511. The second-order valence-corrected chi connectivity index (χ2v) is 14.7. The lowest BCUT2D eigenvalue weighted by Gasteiger charge is -2.34. The fourth-order valence-corrected chi connectivity index (χ4v) is 8.08. The molecule has 2 fully saturated rings. The van der Waals surface area contributed by atoms with Crippen molar-refractivity contribution in [1.82, 2.24) is 40.0 Å². The predicted molar refractivity (Wildman–Crippen MR) is 203 cm³/mol. The largest absolute Gasteiger partial charge is 0.481 e. The van der Waals surface area contributed by atoms with Crippen molar-refractivity contribution in [2.24, 2.45) is 13.0 Å². The van der Waals surface area contributed by atoms with Gasteiger partial charge in [0, 0.05) is 80.7 Å². The maximum atomic E-state index is 13.7. The van der Waals surface area contributed by atoms with Crippen LogP contribution < -0.4 is 20.7 Å². The Bertz CT molecular complexity index is 2050. The van der Waals surface area contributed by atoms with Crippen molar-refractivity contribution in [2.75, 3.05) is 45.7 Å². The molecule has 3 amide bonds. The number of carbonyl (C=O) groups is 3. The van der Waals surface area contributed by atoms with E-state index in [9.17, 15) is 14.4 Å². The summed E-state index contributed by atoms with van der Waals surface area (Å²) in [6.07, 6.45) is 5.54. The lowest BCUT2D eigenvalue weighted by atomic mass is 9.96. The first-order chi connectivity index (χ1) is 25.6. The number of aromatic nitrogens is 4. The van der Waals surface area contributed by atoms with Crippen LogP contribution in [-0.2, 0) is 36.1 Å². The Morgan fingerprint density at radius 2 is 1.87 bits per heavy atom. The molecule has 3 N–H and O–H groups in total. The van der Waals surface area contributed by atoms with Gasteiger partial charge in [0.05, 0.1) is 52.4 Å². The molecule has 15 heteroatoms. The SMILES string of the molecule is COc1nc(-c2ccnc(-c3cccc(NC(=O)c4nc5c(n4C)CCN(C(=O)[C@@H]4CCCN(C)C4)C5)c3Cl)c2Cl)ccc1CNC[C@@H]1CCC(=O)N1. The van der Waals surface area contributed by atoms with E-state index in [1.165, 1.54) is 0 Å². The minimum atomic E-state index is -0.417. The molecule has 3 aliphatic heterocycles. The van der Waals surface area contributed by atoms with Gasteiger partial charge in [0.1, 0.15) is 0 Å². The summed E-state index contributed by atoms with van der Waals surface area (Å²) in [6, 6.07) is 11.0. The van der Waals surface area contributed by atoms with Crippen LogP contribution in [0.5, 0.6) is 5.88 Å². The van der Waals surface area contributed by atoms with Gasteiger partial charge in [0.15, 0.2) is 5.82 Å². The molecule has 13 nitrogen and oxygen atoms in total. The summed E-state index contributed by atoms with van der Waals surface area (Å²) in [7, 11) is 5.45. The quantitative estimate of drug-likeness (QED) is 0.209. The first-order valence-corrected chi connectivity index (χ1v) is 18.7. The molecule has 0 spiro atoms. The zero-order valence-electron chi connectivity index (χ0n) is 30.0. The second-order valence-electron chi connectivity index (χ2n) is 13.9. The summed E-state index contributed by atoms with van der Waals surface area (Å²) in [5, 5.41) is 9.88. The number of benzene rings is 1. The molecule has 0 unspecified atom stereocenters. The number of anilines is 1. The van der Waals surface area contributed by atoms with Crippen molar-refractivity contribution in [1.29, 1.82) is 0 Å². The van der Waals surface area contributed by atoms with E-state index in [0.717, 1.165) is 49.3 Å². The minimum absolute atomic E-state index is 0.00780. The van der Waals surface area contributed by atoms with Crippen LogP contribution >= 0.6 is 23.2 Å². The summed E-state index contributed by atoms with van der Waals surface area (Å²) in [5.41, 5.74) is 5.11. The van der Waals surface area contributed by atoms with Crippen LogP contribution in [-0.4, -0.2) is 93.4 Å². The molecule has 7 rings (SSSR count). The van der Waals surface area contributed by atoms with Crippen molar-refractivity contribution in [3.8, 4) is 28.4 Å². The molecule has 0 saturated carbocycles. The molecule has 3 aromatic heterocycles. The molecule has 6 heterocycles. The highest BCUT2D eigenvalue weighted by Crippen LogP contribution is 2.40. The maximum Gasteiger partial charge on any atom is 0.291 e. The number of imidazole rings is 1. The third kappa shape index (κ3) is 7.75. The zero-order chi connectivity index (χ0) is 37.2. The average molecular weight is 761 g/mol. The fourth-order valence-electron chi connectivity index (χ4n) is 7.51. The monoisotopic (exact) mass is 759 g/mol. The topological polar surface area (TPSA) is 147 Å². The Kier molecular flexibility index (Phi) is 11.0. The van der Waals surface area contributed by atoms with Gasteiger partial charge in [-0.1, -0.05) is 41.4 Å². The first-order valence-electron chi connectivity index (χ1n) is 17.9. The molecule has 0 bridgehead atoms. The lowest BCUT2D eigenvalue weighted by Crippen LogP contribution is -2.45. The van der Waals surface area contributed by atoms with Crippen LogP contribution in [0, 0.1) is 5.92 Å². The van der Waals surface area contributed by atoms with Crippen LogP contribution in [0.4, 0.5) is 5.69 Å². The molecule has 3 aliphatic rings. The van der Waals surface area contributed by atoms with E-state index in [-0.39, 0.29) is 34.6 Å². The average Bonchev–Trinajstić information content (AvgIpc) is 3.73. The van der Waals surface area contributed by atoms with Crippen molar-refractivity contribution in [3.63, 3.8) is 0 Å². The van der Waals surface area contributed by atoms with Crippen LogP contribution in [0.1, 0.15) is 53.3 Å². The number of halogens is 2. The van der Waals surface area contributed by atoms with E-state index in [1.54, 1.807) is 42.1 Å². The number of carbonyl (C=O) groups excluding carboxylic acids is 3. The number of ether oxygens (including phenoxy) is 1. The Hall–Kier alpha value is -4.56. The molecular formula is C38H43Cl2N9O4. The summed E-state index contributed by atoms with van der Waals surface area (Å²) < 4.78 is 7.43. The highest BCUT2D eigenvalue weighted by atomic mass is 35.5. The summed E-state index contributed by atoms with van der Waals surface area (Å²) >= 11 is 13.9. The number of hydrogen-bond acceptors (Lipinski definition) is 9. The van der Waals surface area contributed by atoms with Gasteiger partial charge in [-0.3, -0.25) is 19.4 Å². The van der Waals surface area contributed by atoms with Crippen molar-refractivity contribution in [2.45, 2.75) is 51.2 Å². The molecule has 1 aromatic carbocycles. The van der Waals surface area contributed by atoms with Crippen molar-refractivity contribution < 1.29 is 19.1 Å². The van der Waals surface area contributed by atoms with Gasteiger partial charge in [-0.2, -0.15) is 0 Å². The van der Waals surface area contributed by atoms with Gasteiger partial charge in [-0.25, -0.2) is 9.97 Å². The van der Waals surface area contributed by atoms with E-state index in [1.807, 2.05) is 24.1 Å². The predicted octanol–water partition coefficient (Wildman–Crippen LogP) is 4.71. The second kappa shape index (κ2) is 15.8. The van der Waals surface area contributed by atoms with Gasteiger partial charge in [-0.05, 0) is 51.1 Å². The standard InChI is InChI=1S/C38H43Cl2N9O4/c1-47-16-5-6-23(20-47)38(52)49-17-14-30-29(21-49)44-35(48(30)2)36(51)45-28-8-4-7-26(32(28)39)34-33(40)25(13-15-42-34)27-11-9-22(37(46-27)53-3)18-41-19-24-10-12-31(50)43-24/h4,7-9,11,13,15,23-24,41H,5-6,10,12,14,16-21H2,1-3H3,(H,43,50)(H,45,51)/t23-,24+/m1/s1. The van der Waals surface area contributed by atoms with Gasteiger partial charge in [-0.15, -0.1) is 0 Å². The number of rotatable bonds is 10. The molecule has 4 aromatic rings. The first kappa shape index (κ1) is 36.8. The summed E-state index contributed by atoms with van der Waals surface area (Å²) in [6.45, 7) is 3.93. The van der Waals surface area contributed by atoms with E-state index < -0.39 is 5.91 Å². The molecule has 2 atom stereocenters. The number of fused-ring (bicyclic) bond motifs is 1. The molecular weight excluding hydrogens is 717 g/mol. The van der Waals surface area contributed by atoms with Gasteiger partial charge >= 0.3 is 0 Å². The third-order valence-corrected chi connectivity index (χ3v) is 11.1. The number of hydrogen-bond donors (Lipinski definition) is 3. The molecule has 2 saturated heterocycles. The Morgan fingerprint density at radius 1 is 1.02 bits per heavy atom. The highest BCUT2D eigenvalue weighted by Gasteiger charge is 2.33. The van der Waals surface area contributed by atoms with E-state index in [4.69, 9.17) is 37.9 Å². The van der Waals surface area contributed by atoms with Gasteiger partial charge < -0.3 is 35.1 Å². The van der Waals surface area contributed by atoms with E-state index in [2.05, 4.69) is 32.9 Å². The summed E-state index contributed by atoms with van der Waals surface area (Å²) in [4.78, 5) is 56.6. The van der Waals surface area contributed by atoms with Crippen LogP contribution in [0.3, 0.4) is 0 Å². The molecule has 278 valence electrons. The number of nitrogens with one attached hydrogen (secondary N) is 3. The van der Waals surface area contributed by atoms with Gasteiger partial charge in [0.25, 0.3) is 5.91 Å². The van der Waals surface area contributed by atoms with Gasteiger partial charge in [0.2, 0.25) is 17.7 Å². The van der Waals surface area contributed by atoms with Crippen LogP contribution in [0.25, 0.3) is 22.5 Å². The van der Waals surface area contributed by atoms with Crippen molar-refractivity contribution in [3.05, 3.63) is 75.4 Å². The maximum absolute atomic E-state index is 13.7. The number of nitrogens with zero attached hydrogens (tertiary/aromatic N) is 6. The number of methoxy groups -OCH3 is 1. The third-order valence-electron chi connectivity index (χ3n) is 10.3. The van der Waals surface area contributed by atoms with E-state index >= 15 is 0 Å². The number of piperidine rings is 1. The highest BCUT2D eigenvalue weighted by molar-refractivity contribution is 6.39. The molecule has 0 aliphatic carbocycles. The minimum Gasteiger partial charge on any atom is -0.481 e. The zero-order valence-corrected chi connectivity index (χ0v) is 31.6. The molecule has 53 heavy (non-hydrogen) atoms. The number of amides is 3. The Morgan fingerprint density at radius 3 is 2.64 bits per heavy atom. The van der Waals surface area contributed by atoms with E-state index in [0.29, 0.717) is 78.1 Å². The fraction of sp³-hybridized carbons (Fsp3) is 0.421. The van der Waals surface area contributed by atoms with Crippen LogP contribution in [0.2, 0.25) is 10.0 Å². The Labute approximate surface area is 318 Å². The Balaban J connectivity index is 1.06. The van der Waals surface area contributed by atoms with Crippen LogP contribution in [0.15, 0.2) is 42.6 Å². The molecule has 0 radical (unpaired) electrons. The number of pyridine rings is 2. The lowest BCUT2D eigenvalue weighted by molar-refractivity contribution is -0.138. The van der Waals surface area contributed by atoms with Crippen molar-refractivity contribution >= 4 is 46.6 Å². The smallest absolute Gasteiger partial charge is 0.291 e.